The molecule has 4 nitrogen and oxygen atoms in total. The Bertz CT molecular complexity index is 516. The minimum Gasteiger partial charge on any atom is -0.422 e. The van der Waals surface area contributed by atoms with Crippen molar-refractivity contribution in [2.24, 2.45) is 10.5 Å². The number of nitrogens with zero attached hydrogens (tertiary/aromatic N) is 2. The average molecular weight is 231 g/mol. The van der Waals surface area contributed by atoms with E-state index in [0.717, 1.165) is 16.8 Å². The molecule has 0 aliphatic heterocycles. The molecule has 0 atom stereocenters. The number of para-hydroxylation sites is 2. The van der Waals surface area contributed by atoms with Crippen LogP contribution in [-0.4, -0.2) is 10.7 Å². The summed E-state index contributed by atoms with van der Waals surface area (Å²) in [4.78, 5) is 4.28. The standard InChI is InChI=1S/C13H17N3O/c1-9(13(2,3)4)15-16-12-14-10-7-5-6-8-11(10)17-12/h5-8H,1-4H3,(H,14,16)/b15-9-. The number of oxazole rings is 1. The maximum Gasteiger partial charge on any atom is 0.316 e. The van der Waals surface area contributed by atoms with Gasteiger partial charge >= 0.3 is 6.01 Å². The van der Waals surface area contributed by atoms with Crippen LogP contribution in [0, 0.1) is 5.41 Å². The second-order valence-electron chi connectivity index (χ2n) is 5.05. The molecule has 0 spiro atoms. The van der Waals surface area contributed by atoms with Crippen molar-refractivity contribution >= 4 is 22.8 Å². The summed E-state index contributed by atoms with van der Waals surface area (Å²) < 4.78 is 5.50. The van der Waals surface area contributed by atoms with Crippen LogP contribution in [0.25, 0.3) is 11.1 Å². The fraction of sp³-hybridized carbons (Fsp3) is 0.385. The van der Waals surface area contributed by atoms with Crippen LogP contribution in [0.5, 0.6) is 0 Å². The molecule has 0 bridgehead atoms. The molecule has 0 aliphatic carbocycles. The molecule has 1 N–H and O–H groups in total. The molecule has 1 aromatic carbocycles. The zero-order valence-electron chi connectivity index (χ0n) is 10.6. The first kappa shape index (κ1) is 11.6. The van der Waals surface area contributed by atoms with Crippen LogP contribution in [-0.2, 0) is 0 Å². The van der Waals surface area contributed by atoms with E-state index in [4.69, 9.17) is 4.42 Å². The number of hydrogen-bond donors (Lipinski definition) is 1. The second-order valence-corrected chi connectivity index (χ2v) is 5.05. The van der Waals surface area contributed by atoms with Gasteiger partial charge in [-0.2, -0.15) is 10.1 Å². The fourth-order valence-electron chi connectivity index (χ4n) is 1.22. The van der Waals surface area contributed by atoms with Crippen molar-refractivity contribution in [2.75, 3.05) is 5.43 Å². The molecule has 2 rings (SSSR count). The van der Waals surface area contributed by atoms with Gasteiger partial charge in [0.2, 0.25) is 0 Å². The van der Waals surface area contributed by atoms with E-state index in [1.54, 1.807) is 0 Å². The van der Waals surface area contributed by atoms with Gasteiger partial charge in [-0.3, -0.25) is 0 Å². The van der Waals surface area contributed by atoms with E-state index in [1.807, 2.05) is 31.2 Å². The highest BCUT2D eigenvalue weighted by molar-refractivity contribution is 5.87. The summed E-state index contributed by atoms with van der Waals surface area (Å²) in [6.07, 6.45) is 0. The van der Waals surface area contributed by atoms with Gasteiger partial charge in [-0.1, -0.05) is 32.9 Å². The van der Waals surface area contributed by atoms with E-state index >= 15 is 0 Å². The monoisotopic (exact) mass is 231 g/mol. The average Bonchev–Trinajstić information content (AvgIpc) is 2.66. The predicted molar refractivity (Wildman–Crippen MR) is 70.2 cm³/mol. The number of nitrogens with one attached hydrogen (secondary N) is 1. The summed E-state index contributed by atoms with van der Waals surface area (Å²) in [6, 6.07) is 8.06. The van der Waals surface area contributed by atoms with Crippen LogP contribution in [0.3, 0.4) is 0 Å². The lowest BCUT2D eigenvalue weighted by molar-refractivity contribution is 0.583. The third kappa shape index (κ3) is 2.64. The first-order chi connectivity index (χ1) is 7.97. The summed E-state index contributed by atoms with van der Waals surface area (Å²) in [5.74, 6) is 0. The summed E-state index contributed by atoms with van der Waals surface area (Å²) in [7, 11) is 0. The minimum absolute atomic E-state index is 0.0407. The lowest BCUT2D eigenvalue weighted by atomic mass is 9.91. The van der Waals surface area contributed by atoms with Crippen LogP contribution in [0.2, 0.25) is 0 Å². The molecule has 17 heavy (non-hydrogen) atoms. The van der Waals surface area contributed by atoms with Crippen molar-refractivity contribution in [3.8, 4) is 0 Å². The van der Waals surface area contributed by atoms with Crippen molar-refractivity contribution in [2.45, 2.75) is 27.7 Å². The van der Waals surface area contributed by atoms with Gasteiger partial charge in [0.1, 0.15) is 5.52 Å². The Kier molecular flexibility index (Phi) is 2.88. The molecule has 0 saturated carbocycles. The van der Waals surface area contributed by atoms with Gasteiger partial charge in [0, 0.05) is 11.1 Å². The summed E-state index contributed by atoms with van der Waals surface area (Å²) in [5.41, 5.74) is 5.49. The Hall–Kier alpha value is -1.84. The van der Waals surface area contributed by atoms with Crippen molar-refractivity contribution in [3.05, 3.63) is 24.3 Å². The Morgan fingerprint density at radius 2 is 2.00 bits per heavy atom. The van der Waals surface area contributed by atoms with Crippen molar-refractivity contribution in [3.63, 3.8) is 0 Å². The lowest BCUT2D eigenvalue weighted by Gasteiger charge is -2.17. The Labute approximate surface area is 101 Å². The molecule has 90 valence electrons. The first-order valence-corrected chi connectivity index (χ1v) is 5.63. The molecular weight excluding hydrogens is 214 g/mol. The summed E-state index contributed by atoms with van der Waals surface area (Å²) >= 11 is 0. The number of hydrogen-bond acceptors (Lipinski definition) is 4. The lowest BCUT2D eigenvalue weighted by Crippen LogP contribution is -2.18. The normalized spacial score (nSPS) is 13.1. The smallest absolute Gasteiger partial charge is 0.316 e. The van der Waals surface area contributed by atoms with E-state index in [1.165, 1.54) is 0 Å². The molecule has 4 heteroatoms. The molecule has 0 radical (unpaired) electrons. The van der Waals surface area contributed by atoms with Crippen LogP contribution < -0.4 is 5.43 Å². The maximum atomic E-state index is 5.50. The zero-order chi connectivity index (χ0) is 12.5. The predicted octanol–water partition coefficient (Wildman–Crippen LogP) is 3.66. The number of aromatic nitrogens is 1. The van der Waals surface area contributed by atoms with Gasteiger partial charge in [0.15, 0.2) is 5.58 Å². The first-order valence-electron chi connectivity index (χ1n) is 5.63. The third-order valence-electron chi connectivity index (χ3n) is 2.70. The van der Waals surface area contributed by atoms with Crippen molar-refractivity contribution in [1.29, 1.82) is 0 Å². The highest BCUT2D eigenvalue weighted by Crippen LogP contribution is 2.19. The van der Waals surface area contributed by atoms with Crippen LogP contribution in [0.1, 0.15) is 27.7 Å². The highest BCUT2D eigenvalue weighted by Gasteiger charge is 2.14. The summed E-state index contributed by atoms with van der Waals surface area (Å²) in [6.45, 7) is 8.31. The highest BCUT2D eigenvalue weighted by atomic mass is 16.4. The third-order valence-corrected chi connectivity index (χ3v) is 2.70. The molecule has 2 aromatic rings. The quantitative estimate of drug-likeness (QED) is 0.633. The molecule has 0 aliphatic rings. The van der Waals surface area contributed by atoms with Gasteiger partial charge in [-0.05, 0) is 19.1 Å². The molecule has 0 amide bonds. The molecule has 0 unspecified atom stereocenters. The van der Waals surface area contributed by atoms with E-state index in [9.17, 15) is 0 Å². The second kappa shape index (κ2) is 4.20. The fourth-order valence-corrected chi connectivity index (χ4v) is 1.22. The number of anilines is 1. The molecule has 0 saturated heterocycles. The molecule has 0 fully saturated rings. The zero-order valence-corrected chi connectivity index (χ0v) is 10.6. The van der Waals surface area contributed by atoms with Crippen molar-refractivity contribution < 1.29 is 4.42 Å². The summed E-state index contributed by atoms with van der Waals surface area (Å²) in [5, 5.41) is 4.27. The molecular formula is C13H17N3O. The Morgan fingerprint density at radius 3 is 2.65 bits per heavy atom. The Morgan fingerprint density at radius 1 is 1.29 bits per heavy atom. The van der Waals surface area contributed by atoms with Crippen molar-refractivity contribution in [1.82, 2.24) is 4.98 Å². The van der Waals surface area contributed by atoms with Gasteiger partial charge in [-0.15, -0.1) is 0 Å². The number of benzene rings is 1. The van der Waals surface area contributed by atoms with E-state index in [0.29, 0.717) is 6.01 Å². The van der Waals surface area contributed by atoms with Crippen LogP contribution in [0.15, 0.2) is 33.8 Å². The largest absolute Gasteiger partial charge is 0.422 e. The minimum atomic E-state index is 0.0407. The topological polar surface area (TPSA) is 50.4 Å². The van der Waals surface area contributed by atoms with Gasteiger partial charge in [-0.25, -0.2) is 5.43 Å². The van der Waals surface area contributed by atoms with Crippen LogP contribution in [0.4, 0.5) is 6.01 Å². The van der Waals surface area contributed by atoms with E-state index < -0.39 is 0 Å². The Balaban J connectivity index is 2.19. The van der Waals surface area contributed by atoms with E-state index in [-0.39, 0.29) is 5.41 Å². The number of rotatable bonds is 2. The van der Waals surface area contributed by atoms with Crippen LogP contribution >= 0.6 is 0 Å². The maximum absolute atomic E-state index is 5.50. The molecule has 1 heterocycles. The SMILES string of the molecule is C/C(=N/Nc1nc2ccccc2o1)C(C)(C)C. The van der Waals surface area contributed by atoms with Gasteiger partial charge in [0.05, 0.1) is 0 Å². The van der Waals surface area contributed by atoms with Gasteiger partial charge < -0.3 is 4.42 Å². The van der Waals surface area contributed by atoms with Gasteiger partial charge in [0.25, 0.3) is 0 Å². The number of fused-ring (bicyclic) bond motifs is 1. The molecule has 1 aromatic heterocycles. The number of hydrazone groups is 1. The van der Waals surface area contributed by atoms with E-state index in [2.05, 4.69) is 36.3 Å².